The van der Waals surface area contributed by atoms with Gasteiger partial charge in [0.1, 0.15) is 0 Å². The molecular formula is C19H16BrN2O+. The normalized spacial score (nSPS) is 10.3. The average molecular weight is 368 g/mol. The highest BCUT2D eigenvalue weighted by molar-refractivity contribution is 9.10. The van der Waals surface area contributed by atoms with Crippen molar-refractivity contribution in [1.82, 2.24) is 0 Å². The Morgan fingerprint density at radius 2 is 1.61 bits per heavy atom. The molecule has 3 rings (SSSR count). The summed E-state index contributed by atoms with van der Waals surface area (Å²) in [5.41, 5.74) is 3.01. The Hall–Kier alpha value is -2.46. The fourth-order valence-corrected chi connectivity index (χ4v) is 2.59. The standard InChI is InChI=1S/C19H15BrN2O/c20-17-8-10-18(11-9-17)21-19(23)14-22-12-4-7-16(13-22)15-5-2-1-3-6-15/h1-13H,14H2/p+1. The van der Waals surface area contributed by atoms with E-state index in [4.69, 9.17) is 0 Å². The zero-order valence-electron chi connectivity index (χ0n) is 12.4. The Labute approximate surface area is 143 Å². The molecule has 3 nitrogen and oxygen atoms in total. The van der Waals surface area contributed by atoms with Crippen LogP contribution in [0, 0.1) is 0 Å². The van der Waals surface area contributed by atoms with Crippen LogP contribution in [0.5, 0.6) is 0 Å². The zero-order chi connectivity index (χ0) is 16.1. The number of halogens is 1. The topological polar surface area (TPSA) is 33.0 Å². The number of anilines is 1. The van der Waals surface area contributed by atoms with Crippen molar-refractivity contribution in [3.63, 3.8) is 0 Å². The van der Waals surface area contributed by atoms with Gasteiger partial charge in [0.2, 0.25) is 6.54 Å². The van der Waals surface area contributed by atoms with Crippen molar-refractivity contribution in [2.45, 2.75) is 6.54 Å². The van der Waals surface area contributed by atoms with Gasteiger partial charge in [-0.3, -0.25) is 4.79 Å². The molecule has 4 heteroatoms. The summed E-state index contributed by atoms with van der Waals surface area (Å²) in [6.07, 6.45) is 3.88. The third-order valence-electron chi connectivity index (χ3n) is 3.42. The van der Waals surface area contributed by atoms with Crippen molar-refractivity contribution in [3.8, 4) is 11.1 Å². The average Bonchev–Trinajstić information content (AvgIpc) is 2.58. The number of carbonyl (C=O) groups excluding carboxylic acids is 1. The number of benzene rings is 2. The van der Waals surface area contributed by atoms with Crippen molar-refractivity contribution < 1.29 is 9.36 Å². The fraction of sp³-hybridized carbons (Fsp3) is 0.0526. The number of carbonyl (C=O) groups is 1. The molecular weight excluding hydrogens is 352 g/mol. The maximum absolute atomic E-state index is 12.2. The lowest BCUT2D eigenvalue weighted by atomic mass is 10.1. The Bertz CT molecular complexity index is 801. The van der Waals surface area contributed by atoms with E-state index in [2.05, 4.69) is 33.4 Å². The van der Waals surface area contributed by atoms with Crippen LogP contribution in [0.1, 0.15) is 0 Å². The van der Waals surface area contributed by atoms with Gasteiger partial charge >= 0.3 is 0 Å². The summed E-state index contributed by atoms with van der Waals surface area (Å²) in [4.78, 5) is 12.2. The molecule has 23 heavy (non-hydrogen) atoms. The van der Waals surface area contributed by atoms with Crippen LogP contribution in [0.15, 0.2) is 83.6 Å². The maximum Gasteiger partial charge on any atom is 0.290 e. The second-order valence-electron chi connectivity index (χ2n) is 5.19. The van der Waals surface area contributed by atoms with Crippen LogP contribution in [0.2, 0.25) is 0 Å². The lowest BCUT2D eigenvalue weighted by Crippen LogP contribution is -2.39. The second kappa shape index (κ2) is 7.20. The van der Waals surface area contributed by atoms with Crippen LogP contribution < -0.4 is 9.88 Å². The number of hydrogen-bond donors (Lipinski definition) is 1. The number of aromatic nitrogens is 1. The third-order valence-corrected chi connectivity index (χ3v) is 3.95. The van der Waals surface area contributed by atoms with Crippen molar-refractivity contribution in [1.29, 1.82) is 0 Å². The molecule has 0 aliphatic heterocycles. The van der Waals surface area contributed by atoms with Gasteiger partial charge in [0, 0.05) is 21.8 Å². The third kappa shape index (κ3) is 4.27. The van der Waals surface area contributed by atoms with Crippen LogP contribution in [0.25, 0.3) is 11.1 Å². The molecule has 0 bridgehead atoms. The van der Waals surface area contributed by atoms with Gasteiger partial charge in [0.25, 0.3) is 5.91 Å². The monoisotopic (exact) mass is 367 g/mol. The Morgan fingerprint density at radius 1 is 0.913 bits per heavy atom. The van der Waals surface area contributed by atoms with Gasteiger partial charge in [-0.1, -0.05) is 46.3 Å². The highest BCUT2D eigenvalue weighted by Crippen LogP contribution is 2.16. The summed E-state index contributed by atoms with van der Waals surface area (Å²) >= 11 is 3.38. The summed E-state index contributed by atoms with van der Waals surface area (Å²) in [6, 6.07) is 21.7. The molecule has 1 heterocycles. The van der Waals surface area contributed by atoms with E-state index in [9.17, 15) is 4.79 Å². The molecule has 114 valence electrons. The van der Waals surface area contributed by atoms with E-state index in [0.29, 0.717) is 0 Å². The van der Waals surface area contributed by atoms with E-state index in [1.54, 1.807) is 0 Å². The number of nitrogens with zero attached hydrogens (tertiary/aromatic N) is 1. The molecule has 0 atom stereocenters. The Balaban J connectivity index is 1.70. The van der Waals surface area contributed by atoms with Gasteiger partial charge in [-0.15, -0.1) is 0 Å². The molecule has 0 saturated carbocycles. The second-order valence-corrected chi connectivity index (χ2v) is 6.10. The number of hydrogen-bond acceptors (Lipinski definition) is 1. The summed E-state index contributed by atoms with van der Waals surface area (Å²) < 4.78 is 2.87. The van der Waals surface area contributed by atoms with E-state index < -0.39 is 0 Å². The minimum absolute atomic E-state index is 0.0532. The molecule has 0 radical (unpaired) electrons. The van der Waals surface area contributed by atoms with Crippen molar-refractivity contribution in [2.24, 2.45) is 0 Å². The van der Waals surface area contributed by atoms with Crippen molar-refractivity contribution >= 4 is 27.5 Å². The van der Waals surface area contributed by atoms with Crippen LogP contribution in [0.3, 0.4) is 0 Å². The number of rotatable bonds is 4. The zero-order valence-corrected chi connectivity index (χ0v) is 14.0. The van der Waals surface area contributed by atoms with E-state index in [1.807, 2.05) is 71.6 Å². The number of amides is 1. The van der Waals surface area contributed by atoms with Gasteiger partial charge in [-0.25, -0.2) is 0 Å². The number of pyridine rings is 1. The lowest BCUT2D eigenvalue weighted by Gasteiger charge is -2.04. The van der Waals surface area contributed by atoms with E-state index in [-0.39, 0.29) is 12.5 Å². The van der Waals surface area contributed by atoms with Crippen LogP contribution in [-0.2, 0) is 11.3 Å². The maximum atomic E-state index is 12.2. The van der Waals surface area contributed by atoms with Gasteiger partial charge in [0.05, 0.1) is 0 Å². The largest absolute Gasteiger partial charge is 0.321 e. The van der Waals surface area contributed by atoms with Gasteiger partial charge in [-0.2, -0.15) is 4.57 Å². The van der Waals surface area contributed by atoms with Crippen molar-refractivity contribution in [3.05, 3.63) is 83.6 Å². The molecule has 0 unspecified atom stereocenters. The van der Waals surface area contributed by atoms with Crippen LogP contribution in [0.4, 0.5) is 5.69 Å². The molecule has 1 N–H and O–H groups in total. The van der Waals surface area contributed by atoms with E-state index in [1.165, 1.54) is 0 Å². The van der Waals surface area contributed by atoms with Gasteiger partial charge < -0.3 is 5.32 Å². The van der Waals surface area contributed by atoms with Gasteiger partial charge in [0.15, 0.2) is 12.4 Å². The first-order chi connectivity index (χ1) is 11.2. The van der Waals surface area contributed by atoms with Gasteiger partial charge in [-0.05, 0) is 35.9 Å². The van der Waals surface area contributed by atoms with Crippen LogP contribution in [-0.4, -0.2) is 5.91 Å². The van der Waals surface area contributed by atoms with E-state index >= 15 is 0 Å². The highest BCUT2D eigenvalue weighted by atomic mass is 79.9. The van der Waals surface area contributed by atoms with Crippen LogP contribution >= 0.6 is 15.9 Å². The predicted octanol–water partition coefficient (Wildman–Crippen LogP) is 4.04. The molecule has 0 spiro atoms. The summed E-state index contributed by atoms with van der Waals surface area (Å²) in [5, 5.41) is 2.90. The first kappa shape index (κ1) is 15.4. The molecule has 0 fully saturated rings. The predicted molar refractivity (Wildman–Crippen MR) is 94.8 cm³/mol. The number of nitrogens with one attached hydrogen (secondary N) is 1. The Morgan fingerprint density at radius 3 is 2.35 bits per heavy atom. The molecule has 1 amide bonds. The molecule has 1 aromatic heterocycles. The minimum Gasteiger partial charge on any atom is -0.321 e. The summed E-state index contributed by atoms with van der Waals surface area (Å²) in [7, 11) is 0. The van der Waals surface area contributed by atoms with Crippen molar-refractivity contribution in [2.75, 3.05) is 5.32 Å². The first-order valence-corrected chi connectivity index (χ1v) is 8.10. The lowest BCUT2D eigenvalue weighted by molar-refractivity contribution is -0.683. The molecule has 0 saturated heterocycles. The molecule has 0 aliphatic rings. The SMILES string of the molecule is O=C(C[n+]1cccc(-c2ccccc2)c1)Nc1ccc(Br)cc1. The molecule has 3 aromatic rings. The fourth-order valence-electron chi connectivity index (χ4n) is 2.32. The first-order valence-electron chi connectivity index (χ1n) is 7.31. The Kier molecular flexibility index (Phi) is 4.83. The quantitative estimate of drug-likeness (QED) is 0.693. The molecule has 2 aromatic carbocycles. The molecule has 0 aliphatic carbocycles. The minimum atomic E-state index is -0.0532. The van der Waals surface area contributed by atoms with E-state index in [0.717, 1.165) is 21.3 Å². The smallest absolute Gasteiger partial charge is 0.290 e. The summed E-state index contributed by atoms with van der Waals surface area (Å²) in [5.74, 6) is -0.0532. The highest BCUT2D eigenvalue weighted by Gasteiger charge is 2.11. The summed E-state index contributed by atoms with van der Waals surface area (Å²) in [6.45, 7) is 0.275.